The lowest BCUT2D eigenvalue weighted by Gasteiger charge is -2.32. The molecule has 0 N–H and O–H groups in total. The van der Waals surface area contributed by atoms with Crippen molar-refractivity contribution in [2.75, 3.05) is 0 Å². The molecule has 14 rings (SSSR count). The van der Waals surface area contributed by atoms with E-state index in [0.29, 0.717) is 0 Å². The normalized spacial score (nSPS) is 12.3. The molecule has 0 amide bonds. The molecule has 0 fully saturated rings. The second-order valence-corrected chi connectivity index (χ2v) is 24.7. The molecule has 0 aliphatic carbocycles. The number of hydrogen-bond acceptors (Lipinski definition) is 6. The van der Waals surface area contributed by atoms with Crippen LogP contribution in [-0.4, -0.2) is 18.0 Å². The molecule has 7 heteroatoms. The van der Waals surface area contributed by atoms with Gasteiger partial charge in [0.2, 0.25) is 8.07 Å². The van der Waals surface area contributed by atoms with Gasteiger partial charge in [0.15, 0.2) is 0 Å². The van der Waals surface area contributed by atoms with Crippen molar-refractivity contribution in [3.8, 4) is 22.3 Å². The number of nitrogens with zero attached hydrogens (tertiary/aromatic N) is 2. The second kappa shape index (κ2) is 14.6. The van der Waals surface area contributed by atoms with E-state index in [-0.39, 0.29) is 0 Å². The summed E-state index contributed by atoms with van der Waals surface area (Å²) in [6.07, 6.45) is 4.11. The molecule has 14 aromatic rings. The lowest BCUT2D eigenvalue weighted by Crippen LogP contribution is -2.76. The van der Waals surface area contributed by atoms with Gasteiger partial charge < -0.3 is 0 Å². The van der Waals surface area contributed by atoms with Crippen LogP contribution in [0.5, 0.6) is 0 Å². The van der Waals surface area contributed by atoms with Crippen molar-refractivity contribution in [2.45, 2.75) is 0 Å². The van der Waals surface area contributed by atoms with Crippen LogP contribution in [0.3, 0.4) is 0 Å². The fourth-order valence-electron chi connectivity index (χ4n) is 10.3. The topological polar surface area (TPSA) is 25.8 Å². The van der Waals surface area contributed by atoms with Gasteiger partial charge in [-0.25, -0.2) is 0 Å². The predicted octanol–water partition coefficient (Wildman–Crippen LogP) is 14.7. The van der Waals surface area contributed by atoms with Crippen LogP contribution in [0.2, 0.25) is 0 Å². The molecule has 6 heterocycles. The summed E-state index contributed by atoms with van der Waals surface area (Å²) < 4.78 is 10.3. The van der Waals surface area contributed by atoms with Gasteiger partial charge in [0.25, 0.3) is 0 Å². The van der Waals surface area contributed by atoms with Crippen LogP contribution in [0.4, 0.5) is 0 Å². The number of hydrogen-bond donors (Lipinski definition) is 0. The van der Waals surface area contributed by atoms with Crippen LogP contribution in [0, 0.1) is 0 Å². The zero-order valence-corrected chi connectivity index (χ0v) is 38.9. The van der Waals surface area contributed by atoms with Crippen molar-refractivity contribution in [3.05, 3.63) is 207 Å². The molecular weight excluding hydrogens is 881 g/mol. The summed E-state index contributed by atoms with van der Waals surface area (Å²) in [4.78, 5) is 11.1. The van der Waals surface area contributed by atoms with Crippen molar-refractivity contribution < 1.29 is 0 Å². The SMILES string of the molecule is c1ccc([Si](c2ccccc2)(c2nccc3c2sc2ccc(-c4ccc5sc6ccccc6c5c4)cc23)c2nccc3c2sc2ccc(-c4ccc5sc6ccccc6c5c4)cc23)cc1. The van der Waals surface area contributed by atoms with Crippen LogP contribution < -0.4 is 21.0 Å². The van der Waals surface area contributed by atoms with E-state index in [1.807, 2.05) is 45.3 Å². The maximum Gasteiger partial charge on any atom is 0.227 e. The van der Waals surface area contributed by atoms with E-state index in [0.717, 1.165) is 10.6 Å². The van der Waals surface area contributed by atoms with Gasteiger partial charge in [0, 0.05) is 83.7 Å². The molecule has 0 unspecified atom stereocenters. The van der Waals surface area contributed by atoms with Crippen LogP contribution in [0.15, 0.2) is 207 Å². The van der Waals surface area contributed by atoms with E-state index in [4.69, 9.17) is 9.97 Å². The minimum atomic E-state index is -3.21. The van der Waals surface area contributed by atoms with Gasteiger partial charge in [-0.15, -0.1) is 45.3 Å². The molecular formula is C58H34N2S4Si. The first-order chi connectivity index (χ1) is 32.2. The molecule has 0 atom stereocenters. The Balaban J connectivity index is 0.993. The predicted molar refractivity (Wildman–Crippen MR) is 288 cm³/mol. The fourth-order valence-corrected chi connectivity index (χ4v) is 20.4. The molecule has 0 bridgehead atoms. The first kappa shape index (κ1) is 37.5. The molecule has 0 saturated carbocycles. The molecule has 0 aliphatic rings. The lowest BCUT2D eigenvalue weighted by molar-refractivity contribution is 1.38. The quantitative estimate of drug-likeness (QED) is 0.155. The van der Waals surface area contributed by atoms with Gasteiger partial charge >= 0.3 is 0 Å². The first-order valence-corrected chi connectivity index (χ1v) is 27.0. The Morgan fingerprint density at radius 2 is 0.615 bits per heavy atom. The maximum absolute atomic E-state index is 5.54. The zero-order chi connectivity index (χ0) is 42.6. The molecule has 0 saturated heterocycles. The molecule has 0 aliphatic heterocycles. The highest BCUT2D eigenvalue weighted by atomic mass is 32.1. The van der Waals surface area contributed by atoms with Crippen LogP contribution in [0.1, 0.15) is 0 Å². The highest BCUT2D eigenvalue weighted by Crippen LogP contribution is 2.42. The highest BCUT2D eigenvalue weighted by molar-refractivity contribution is 7.33. The van der Waals surface area contributed by atoms with Crippen molar-refractivity contribution in [1.82, 2.24) is 9.97 Å². The third-order valence-corrected chi connectivity index (χ3v) is 22.9. The van der Waals surface area contributed by atoms with Gasteiger partial charge in [0.1, 0.15) is 0 Å². The third kappa shape index (κ3) is 5.67. The maximum atomic E-state index is 5.54. The summed E-state index contributed by atoms with van der Waals surface area (Å²) in [5.41, 5.74) is 4.92. The summed E-state index contributed by atoms with van der Waals surface area (Å²) in [7, 11) is -3.21. The third-order valence-electron chi connectivity index (χ3n) is 13.3. The summed E-state index contributed by atoms with van der Waals surface area (Å²) in [5, 5.41) is 15.1. The second-order valence-electron chi connectivity index (χ2n) is 16.8. The summed E-state index contributed by atoms with van der Waals surface area (Å²) >= 11 is 7.47. The largest absolute Gasteiger partial charge is 0.263 e. The smallest absolute Gasteiger partial charge is 0.227 e. The van der Waals surface area contributed by atoms with E-state index in [9.17, 15) is 0 Å². The molecule has 0 radical (unpaired) electrons. The number of pyridine rings is 2. The summed E-state index contributed by atoms with van der Waals surface area (Å²) in [5.74, 6) is 0. The van der Waals surface area contributed by atoms with Gasteiger partial charge in [-0.05, 0) is 105 Å². The Hall–Kier alpha value is -6.84. The van der Waals surface area contributed by atoms with E-state index < -0.39 is 8.07 Å². The summed E-state index contributed by atoms with van der Waals surface area (Å²) in [6, 6.07) is 72.3. The summed E-state index contributed by atoms with van der Waals surface area (Å²) in [6.45, 7) is 0. The monoisotopic (exact) mass is 914 g/mol. The highest BCUT2D eigenvalue weighted by Gasteiger charge is 2.47. The van der Waals surface area contributed by atoms with Gasteiger partial charge in [-0.1, -0.05) is 121 Å². The molecule has 304 valence electrons. The van der Waals surface area contributed by atoms with E-state index in [1.165, 1.54) is 113 Å². The Kier molecular flexibility index (Phi) is 8.42. The molecule has 65 heavy (non-hydrogen) atoms. The Morgan fingerprint density at radius 3 is 1.03 bits per heavy atom. The van der Waals surface area contributed by atoms with Crippen molar-refractivity contribution in [3.63, 3.8) is 0 Å². The van der Waals surface area contributed by atoms with Crippen molar-refractivity contribution in [2.24, 2.45) is 0 Å². The Morgan fingerprint density at radius 1 is 0.277 bits per heavy atom. The number of aromatic nitrogens is 2. The van der Waals surface area contributed by atoms with Crippen molar-refractivity contribution >= 4 is 155 Å². The lowest BCUT2D eigenvalue weighted by atomic mass is 10.0. The Labute approximate surface area is 391 Å². The van der Waals surface area contributed by atoms with Gasteiger partial charge in [0.05, 0.1) is 20.0 Å². The zero-order valence-electron chi connectivity index (χ0n) is 34.7. The molecule has 8 aromatic carbocycles. The van der Waals surface area contributed by atoms with Gasteiger partial charge in [-0.2, -0.15) is 0 Å². The van der Waals surface area contributed by atoms with E-state index >= 15 is 0 Å². The molecule has 2 nitrogen and oxygen atoms in total. The first-order valence-electron chi connectivity index (χ1n) is 21.8. The standard InChI is InChI=1S/C58H34N2S4Si/c1-3-11-39(12-4-1)65(40-13-5-2-6-14-40,57-55-43(27-29-59-57)47-33-37(21-25-53(47)63-55)35-19-23-51-45(31-35)41-15-7-9-17-49(41)61-51)58-56-44(28-30-60-58)48-34-38(22-26-54(48)64-56)36-20-24-52-46(32-36)42-16-8-10-18-50(42)62-52/h1-34H. The van der Waals surface area contributed by atoms with Crippen LogP contribution in [0.25, 0.3) is 103 Å². The molecule has 0 spiro atoms. The fraction of sp³-hybridized carbons (Fsp3) is 0. The minimum absolute atomic E-state index is 1.13. The van der Waals surface area contributed by atoms with Crippen LogP contribution in [-0.2, 0) is 0 Å². The number of rotatable bonds is 6. The number of thiophene rings is 4. The Bertz CT molecular complexity index is 3930. The van der Waals surface area contributed by atoms with Crippen molar-refractivity contribution in [1.29, 1.82) is 0 Å². The number of fused-ring (bicyclic) bond motifs is 12. The van der Waals surface area contributed by atoms with E-state index in [1.54, 1.807) is 0 Å². The average Bonchev–Trinajstić information content (AvgIpc) is 4.15. The minimum Gasteiger partial charge on any atom is -0.263 e. The molecule has 6 aromatic heterocycles. The van der Waals surface area contributed by atoms with Gasteiger partial charge in [-0.3, -0.25) is 9.97 Å². The number of benzene rings is 8. The average molecular weight is 915 g/mol. The van der Waals surface area contributed by atoms with Crippen LogP contribution >= 0.6 is 45.3 Å². The van der Waals surface area contributed by atoms with E-state index in [2.05, 4.69) is 207 Å².